The number of hydrogen-bond acceptors (Lipinski definition) is 4. The molecule has 0 aliphatic carbocycles. The summed E-state index contributed by atoms with van der Waals surface area (Å²) in [5.74, 6) is 7.21. The van der Waals surface area contributed by atoms with Crippen LogP contribution in [0.25, 0.3) is 133 Å². The predicted octanol–water partition coefficient (Wildman–Crippen LogP) is 29.6. The number of allylic oxidation sites excluding steroid dienone is 8. The summed E-state index contributed by atoms with van der Waals surface area (Å²) in [5.41, 5.74) is 51.1. The van der Waals surface area contributed by atoms with E-state index in [2.05, 4.69) is 325 Å². The smallest absolute Gasteiger partial charge is 0.657 e. The minimum Gasteiger partial charge on any atom is -0.657 e. The van der Waals surface area contributed by atoms with Crippen LogP contribution >= 0.6 is 0 Å². The Balaban J connectivity index is 0.00000214. The van der Waals surface area contributed by atoms with Crippen LogP contribution in [0.4, 0.5) is 17.3 Å². The molecule has 4 aliphatic rings. The zero-order chi connectivity index (χ0) is 86.5. The molecule has 4 aromatic carbocycles. The number of fused-ring (bicyclic) bond motifs is 16. The van der Waals surface area contributed by atoms with Gasteiger partial charge in [-0.25, -0.2) is 19.9 Å². The number of nitrogens with one attached hydrogen (secondary N) is 2. The van der Waals surface area contributed by atoms with Crippen LogP contribution in [-0.4, -0.2) is 37.2 Å². The molecule has 6 aromatic heterocycles. The molecule has 14 heteroatoms. The Labute approximate surface area is 726 Å². The second-order valence-corrected chi connectivity index (χ2v) is 37.1. The molecule has 626 valence electrons. The van der Waals surface area contributed by atoms with Crippen molar-refractivity contribution in [1.82, 2.24) is 39.9 Å². The number of halogens is 4. The summed E-state index contributed by atoms with van der Waals surface area (Å²) in [5, 5.41) is 0. The van der Waals surface area contributed by atoms with Crippen molar-refractivity contribution >= 4 is 96.0 Å². The van der Waals surface area contributed by atoms with Crippen LogP contribution in [0.1, 0.15) is 315 Å². The molecule has 0 saturated carbocycles. The van der Waals surface area contributed by atoms with Crippen LogP contribution in [0.5, 0.6) is 0 Å². The second-order valence-electron chi connectivity index (χ2n) is 37.1. The maximum atomic E-state index is 9.75. The molecule has 0 saturated heterocycles. The fourth-order valence-electron chi connectivity index (χ4n) is 18.4. The Morgan fingerprint density at radius 3 is 0.875 bits per heavy atom. The van der Waals surface area contributed by atoms with Gasteiger partial charge in [-0.2, -0.15) is 0 Å². The van der Waals surface area contributed by atoms with Gasteiger partial charge in [0.05, 0.1) is 56.6 Å². The number of hydrogen-bond donors (Lipinski definition) is 2. The fourth-order valence-corrected chi connectivity index (χ4v) is 18.4. The van der Waals surface area contributed by atoms with Gasteiger partial charge in [-0.3, -0.25) is 0 Å². The van der Waals surface area contributed by atoms with Crippen LogP contribution in [0.3, 0.4) is 0 Å². The molecule has 2 N–H and O–H groups in total. The van der Waals surface area contributed by atoms with Gasteiger partial charge in [0.1, 0.15) is 0 Å². The third-order valence-electron chi connectivity index (χ3n) is 25.4. The van der Waals surface area contributed by atoms with Gasteiger partial charge in [0.25, 0.3) is 0 Å². The van der Waals surface area contributed by atoms with Crippen LogP contribution < -0.4 is 9.97 Å². The second kappa shape index (κ2) is 33.9. The van der Waals surface area contributed by atoms with E-state index in [1.165, 1.54) is 111 Å². The molecule has 16 bridgehead atoms. The minimum absolute atomic E-state index is 0. The molecule has 4 aliphatic heterocycles. The number of aromatic nitrogens is 8. The third-order valence-corrected chi connectivity index (χ3v) is 25.4. The molecule has 10 aromatic rings. The molecule has 0 spiro atoms. The first-order valence-electron chi connectivity index (χ1n) is 43.2. The Kier molecular flexibility index (Phi) is 25.2. The number of aryl methyl sites for hydroxylation is 8. The van der Waals surface area contributed by atoms with Crippen LogP contribution in [0, 0.1) is 39.5 Å². The van der Waals surface area contributed by atoms with Crippen molar-refractivity contribution in [2.45, 2.75) is 267 Å². The van der Waals surface area contributed by atoms with Crippen LogP contribution in [0.2, 0.25) is 0 Å². The Morgan fingerprint density at radius 2 is 0.592 bits per heavy atom. The van der Waals surface area contributed by atoms with E-state index in [0.717, 1.165) is 197 Å². The van der Waals surface area contributed by atoms with Crippen LogP contribution in [0.15, 0.2) is 109 Å². The summed E-state index contributed by atoms with van der Waals surface area (Å²) in [6.07, 6.45) is 6.64. The molecule has 8 nitrogen and oxygen atoms in total. The average Bonchev–Trinajstić information content (AvgIpc) is 1.58. The van der Waals surface area contributed by atoms with Gasteiger partial charge in [0.2, 0.25) is 0 Å². The van der Waals surface area contributed by atoms with E-state index in [9.17, 15) is 17.3 Å². The Bertz CT molecular complexity index is 6180. The van der Waals surface area contributed by atoms with E-state index in [1.54, 1.807) is 0 Å². The molecule has 10 heterocycles. The van der Waals surface area contributed by atoms with Gasteiger partial charge in [-0.15, -0.1) is 22.1 Å². The van der Waals surface area contributed by atoms with E-state index in [1.807, 2.05) is 0 Å². The van der Waals surface area contributed by atoms with E-state index >= 15 is 0 Å². The summed E-state index contributed by atoms with van der Waals surface area (Å²) in [6.45, 7) is 64.3. The topological polar surface area (TPSA) is 111 Å². The van der Waals surface area contributed by atoms with Crippen molar-refractivity contribution in [2.24, 2.45) is 0 Å². The van der Waals surface area contributed by atoms with Gasteiger partial charge in [-0.1, -0.05) is 245 Å². The van der Waals surface area contributed by atoms with Crippen molar-refractivity contribution < 1.29 is 39.6 Å². The molecular weight excluding hydrogens is 1670 g/mol. The largest absolute Gasteiger partial charge is 3.00 e. The summed E-state index contributed by atoms with van der Waals surface area (Å²) in [4.78, 5) is 43.0. The maximum Gasteiger partial charge on any atom is 3.00 e. The zero-order valence-electron chi connectivity index (χ0n) is 76.1. The van der Waals surface area contributed by atoms with Crippen molar-refractivity contribution in [3.8, 4) is 56.3 Å². The standard InChI is InChI=1S/C106H120N8.Au.BF4/c1-29-75-57(9)95-91(96-58(10)76(30-2)84(108-96)54-88-80(34-6)62(14)100(112-88)93(99-61(13)79(33-5)87(111-99)53-83(75)107-95)69-47-71(103(17,18)19)51-72(48-69)104(20,21)22)67-43-39-65(40-44-67)37-38-66-41-45-68(46-42-66)92-97-59(11)77(31-3)85(109-97)55-89-81(35-7)63(15)101(113-89)94(70-49-73(105(23,24)25)52-74(50-70)106(26,27)28)102-64(16)82(36-8)90(114-102)56-86-78(32-4)60(12)98(92)110-86;;2-1(3,4)5/h39-56,111-112H,29-36H2,1-28H3;;/q-2;+3;-1. The number of aromatic amines is 2. The molecule has 0 amide bonds. The monoisotopic (exact) mass is 1790 g/mol. The van der Waals surface area contributed by atoms with Crippen molar-refractivity contribution in [2.75, 3.05) is 0 Å². The Hall–Kier alpha value is -9.83. The molecule has 0 unspecified atom stereocenters. The normalized spacial score (nSPS) is 13.5. The number of H-pyrrole nitrogens is 2. The average molecular weight is 1790 g/mol. The minimum atomic E-state index is -6.00. The van der Waals surface area contributed by atoms with Gasteiger partial charge in [-0.05, 0) is 287 Å². The first kappa shape index (κ1) is 89.4. The summed E-state index contributed by atoms with van der Waals surface area (Å²) < 4.78 is 39.0. The van der Waals surface area contributed by atoms with E-state index < -0.39 is 7.25 Å². The van der Waals surface area contributed by atoms with Crippen molar-refractivity contribution in [3.05, 3.63) is 233 Å². The maximum absolute atomic E-state index is 9.75. The molecule has 120 heavy (non-hydrogen) atoms. The first-order chi connectivity index (χ1) is 56.0. The molecule has 0 atom stereocenters. The van der Waals surface area contributed by atoms with Gasteiger partial charge < -0.3 is 37.2 Å². The van der Waals surface area contributed by atoms with Gasteiger partial charge in [0, 0.05) is 33.3 Å². The molecule has 0 radical (unpaired) electrons. The molecule has 14 rings (SSSR count). The zero-order valence-corrected chi connectivity index (χ0v) is 78.3. The number of rotatable bonds is 12. The quantitative estimate of drug-likeness (QED) is 0.0716. The number of nitrogens with zero attached hydrogens (tertiary/aromatic N) is 6. The first-order valence-corrected chi connectivity index (χ1v) is 43.2. The number of benzene rings is 4. The molecule has 0 fully saturated rings. The van der Waals surface area contributed by atoms with Gasteiger partial charge in [0.15, 0.2) is 0 Å². The van der Waals surface area contributed by atoms with E-state index in [4.69, 9.17) is 29.9 Å². The van der Waals surface area contributed by atoms with E-state index in [0.29, 0.717) is 0 Å². The summed E-state index contributed by atoms with van der Waals surface area (Å²) in [6, 6.07) is 41.4. The van der Waals surface area contributed by atoms with Crippen LogP contribution in [-0.2, 0) is 69.7 Å². The fraction of sp³-hybridized carbons (Fsp3) is 0.377. The third kappa shape index (κ3) is 16.9. The van der Waals surface area contributed by atoms with Gasteiger partial charge >= 0.3 is 29.6 Å². The summed E-state index contributed by atoms with van der Waals surface area (Å²) in [7, 11) is -6.00. The summed E-state index contributed by atoms with van der Waals surface area (Å²) >= 11 is 0. The van der Waals surface area contributed by atoms with Crippen molar-refractivity contribution in [1.29, 1.82) is 0 Å². The van der Waals surface area contributed by atoms with E-state index in [-0.39, 0.29) is 44.0 Å². The molecular formula is C106H120AuBF4N8. The Morgan fingerprint density at radius 1 is 0.325 bits per heavy atom. The SMILES string of the molecule is CCC1=C(C)c2nc1cc1[nH]c(c(C)c1CC)c(-c1cc(C(C)(C)C)cc(C(C)(C)C)c1)c1[nH]c(cc3nc(c2-c2ccc(C#Cc4ccc(-c5c6nc(cc7[n-]c(c(C)c7CC)c(-c7cc(C(C)(C)C)cc(C(C)(C)C)c7)c7nc(cc8[n-]c5c(C)c8CC)C(CC)=C7C)C(CC)=C6C)cc4)cc2)C(C)=C3CC)c(CC)c1C.F[B-](F)(F)F.[Au+3]. The predicted molar refractivity (Wildman–Crippen MR) is 500 cm³/mol. The van der Waals surface area contributed by atoms with Crippen molar-refractivity contribution in [3.63, 3.8) is 0 Å².